The highest BCUT2D eigenvalue weighted by Gasteiger charge is 2.22. The summed E-state index contributed by atoms with van der Waals surface area (Å²) in [6, 6.07) is -0.393. The topological polar surface area (TPSA) is 53.5 Å². The van der Waals surface area contributed by atoms with Crippen molar-refractivity contribution in [1.82, 2.24) is 10.6 Å². The number of carbonyl (C=O) groups is 1. The average molecular weight is 396 g/mol. The fourth-order valence-corrected chi connectivity index (χ4v) is 2.55. The van der Waals surface area contributed by atoms with E-state index in [1.54, 1.807) is 12.3 Å². The molecule has 0 aromatic carbocycles. The summed E-state index contributed by atoms with van der Waals surface area (Å²) in [5, 5.41) is 6.23. The van der Waals surface area contributed by atoms with Gasteiger partial charge in [0.15, 0.2) is 0 Å². The zero-order valence-corrected chi connectivity index (χ0v) is 18.8. The van der Waals surface area contributed by atoms with Crippen LogP contribution in [-0.4, -0.2) is 24.2 Å². The van der Waals surface area contributed by atoms with Crippen molar-refractivity contribution in [1.29, 1.82) is 0 Å². The third-order valence-corrected chi connectivity index (χ3v) is 3.92. The van der Waals surface area contributed by atoms with Crippen LogP contribution in [0.4, 0.5) is 0 Å². The third-order valence-electron chi connectivity index (χ3n) is 3.92. The number of rotatable bonds is 12. The van der Waals surface area contributed by atoms with Crippen LogP contribution in [0.3, 0.4) is 0 Å². The number of allylic oxidation sites excluding steroid dienone is 10. The molecule has 158 valence electrons. The standard InChI is InChI=1S/C25H37N3O/c1-8-12-16-20(5)24(25(29)28-22(7)26-18-14-10-3)27-21(6)19-23(15-11-4)17-13-9-2/h8-18,21,24,27H,7,19H2,1-6H3,(H,28,29)/b12-8-,13-9-,14-10-,15-11-,20-16+,23-17+,26-18-/t21?,24-/m1/s1. The van der Waals surface area contributed by atoms with E-state index in [1.165, 1.54) is 5.57 Å². The van der Waals surface area contributed by atoms with E-state index in [9.17, 15) is 4.79 Å². The maximum absolute atomic E-state index is 12.9. The van der Waals surface area contributed by atoms with Gasteiger partial charge in [-0.2, -0.15) is 0 Å². The van der Waals surface area contributed by atoms with Crippen molar-refractivity contribution in [2.45, 2.75) is 60.0 Å². The van der Waals surface area contributed by atoms with Gasteiger partial charge in [-0.1, -0.05) is 61.3 Å². The maximum atomic E-state index is 12.9. The molecular weight excluding hydrogens is 358 g/mol. The second kappa shape index (κ2) is 16.3. The lowest BCUT2D eigenvalue weighted by molar-refractivity contribution is -0.121. The number of amides is 1. The van der Waals surface area contributed by atoms with Crippen LogP contribution in [0.2, 0.25) is 0 Å². The van der Waals surface area contributed by atoms with Gasteiger partial charge in [0.2, 0.25) is 5.91 Å². The normalized spacial score (nSPS) is 15.9. The van der Waals surface area contributed by atoms with E-state index in [0.29, 0.717) is 5.82 Å². The van der Waals surface area contributed by atoms with Gasteiger partial charge >= 0.3 is 0 Å². The van der Waals surface area contributed by atoms with Crippen LogP contribution < -0.4 is 10.6 Å². The van der Waals surface area contributed by atoms with Crippen LogP contribution in [0.1, 0.15) is 48.0 Å². The van der Waals surface area contributed by atoms with E-state index in [-0.39, 0.29) is 11.9 Å². The first-order valence-electron chi connectivity index (χ1n) is 10.0. The summed E-state index contributed by atoms with van der Waals surface area (Å²) < 4.78 is 0. The summed E-state index contributed by atoms with van der Waals surface area (Å²) in [5.74, 6) is 0.136. The molecule has 0 radical (unpaired) electrons. The zero-order chi connectivity index (χ0) is 22.1. The summed E-state index contributed by atoms with van der Waals surface area (Å²) >= 11 is 0. The predicted molar refractivity (Wildman–Crippen MR) is 128 cm³/mol. The molecule has 0 aromatic rings. The third kappa shape index (κ3) is 12.4. The second-order valence-electron chi connectivity index (χ2n) is 6.65. The fraction of sp³-hybridized carbons (Fsp3) is 0.360. The molecular formula is C25H37N3O. The minimum absolute atomic E-state index is 0.0900. The van der Waals surface area contributed by atoms with Gasteiger partial charge in [-0.05, 0) is 65.2 Å². The highest BCUT2D eigenvalue weighted by molar-refractivity contribution is 5.86. The van der Waals surface area contributed by atoms with E-state index in [4.69, 9.17) is 0 Å². The quantitative estimate of drug-likeness (QED) is 0.336. The first-order chi connectivity index (χ1) is 13.9. The van der Waals surface area contributed by atoms with Crippen molar-refractivity contribution < 1.29 is 4.79 Å². The lowest BCUT2D eigenvalue weighted by Gasteiger charge is -2.24. The SMILES string of the molecule is C=C(/N=C\C=C/C)NC(=O)[C@H](NC(C)CC(/C=C\C)=C/C=C\C)/C(C)=C/C=C\C. The average Bonchev–Trinajstić information content (AvgIpc) is 2.68. The van der Waals surface area contributed by atoms with Crippen LogP contribution >= 0.6 is 0 Å². The molecule has 0 aliphatic rings. The van der Waals surface area contributed by atoms with Gasteiger partial charge in [0.05, 0.1) is 0 Å². The van der Waals surface area contributed by atoms with Gasteiger partial charge in [0.1, 0.15) is 11.9 Å². The Labute approximate surface area is 177 Å². The van der Waals surface area contributed by atoms with Gasteiger partial charge in [0.25, 0.3) is 0 Å². The van der Waals surface area contributed by atoms with Crippen molar-refractivity contribution >= 4 is 12.1 Å². The highest BCUT2D eigenvalue weighted by atomic mass is 16.2. The van der Waals surface area contributed by atoms with E-state index in [1.807, 2.05) is 77.2 Å². The molecule has 0 spiro atoms. The summed E-state index contributed by atoms with van der Waals surface area (Å²) in [6.45, 7) is 15.7. The van der Waals surface area contributed by atoms with E-state index in [0.717, 1.165) is 12.0 Å². The van der Waals surface area contributed by atoms with Gasteiger partial charge in [-0.15, -0.1) is 0 Å². The highest BCUT2D eigenvalue weighted by Crippen LogP contribution is 2.12. The van der Waals surface area contributed by atoms with E-state index < -0.39 is 6.04 Å². The number of aliphatic imine (C=N–C) groups is 1. The molecule has 0 rings (SSSR count). The van der Waals surface area contributed by atoms with E-state index >= 15 is 0 Å². The molecule has 29 heavy (non-hydrogen) atoms. The van der Waals surface area contributed by atoms with Gasteiger partial charge in [-0.3, -0.25) is 10.1 Å². The first-order valence-corrected chi connectivity index (χ1v) is 10.0. The van der Waals surface area contributed by atoms with Gasteiger partial charge in [0, 0.05) is 12.3 Å². The Hall–Kier alpha value is -2.72. The Balaban J connectivity index is 5.41. The largest absolute Gasteiger partial charge is 0.310 e. The van der Waals surface area contributed by atoms with Crippen LogP contribution in [-0.2, 0) is 4.79 Å². The molecule has 1 unspecified atom stereocenters. The monoisotopic (exact) mass is 395 g/mol. The number of carbonyl (C=O) groups excluding carboxylic acids is 1. The molecule has 4 heteroatoms. The second-order valence-corrected chi connectivity index (χ2v) is 6.65. The van der Waals surface area contributed by atoms with E-state index in [2.05, 4.69) is 41.3 Å². The molecule has 0 aromatic heterocycles. The fourth-order valence-electron chi connectivity index (χ4n) is 2.55. The van der Waals surface area contributed by atoms with Crippen LogP contribution in [0.5, 0.6) is 0 Å². The molecule has 0 bridgehead atoms. The van der Waals surface area contributed by atoms with Gasteiger partial charge < -0.3 is 5.32 Å². The molecule has 1 amide bonds. The lowest BCUT2D eigenvalue weighted by Crippen LogP contribution is -2.48. The number of hydrogen-bond donors (Lipinski definition) is 2. The molecule has 0 heterocycles. The lowest BCUT2D eigenvalue weighted by atomic mass is 10.0. The van der Waals surface area contributed by atoms with Crippen LogP contribution in [0.25, 0.3) is 0 Å². The molecule has 4 nitrogen and oxygen atoms in total. The molecule has 0 aliphatic carbocycles. The van der Waals surface area contributed by atoms with Crippen molar-refractivity contribution in [3.8, 4) is 0 Å². The molecule has 0 saturated heterocycles. The summed E-state index contributed by atoms with van der Waals surface area (Å²) in [7, 11) is 0. The summed E-state index contributed by atoms with van der Waals surface area (Å²) in [4.78, 5) is 17.0. The number of nitrogens with one attached hydrogen (secondary N) is 2. The number of nitrogens with zero attached hydrogens (tertiary/aromatic N) is 1. The van der Waals surface area contributed by atoms with Crippen molar-refractivity contribution in [3.63, 3.8) is 0 Å². The minimum atomic E-state index is -0.483. The Morgan fingerprint density at radius 1 is 1.00 bits per heavy atom. The van der Waals surface area contributed by atoms with Gasteiger partial charge in [-0.25, -0.2) is 4.99 Å². The number of hydrogen-bond acceptors (Lipinski definition) is 3. The first kappa shape index (κ1) is 26.3. The van der Waals surface area contributed by atoms with Crippen LogP contribution in [0.15, 0.2) is 89.3 Å². The zero-order valence-electron chi connectivity index (χ0n) is 18.8. The smallest absolute Gasteiger partial charge is 0.246 e. The Morgan fingerprint density at radius 2 is 1.62 bits per heavy atom. The molecule has 0 aliphatic heterocycles. The molecule has 2 atom stereocenters. The van der Waals surface area contributed by atoms with Crippen molar-refractivity contribution in [2.24, 2.45) is 4.99 Å². The molecule has 0 saturated carbocycles. The maximum Gasteiger partial charge on any atom is 0.246 e. The minimum Gasteiger partial charge on any atom is -0.310 e. The Morgan fingerprint density at radius 3 is 2.21 bits per heavy atom. The summed E-state index contributed by atoms with van der Waals surface area (Å²) in [6.07, 6.45) is 22.1. The molecule has 0 fully saturated rings. The Kier molecular flexibility index (Phi) is 14.7. The Bertz CT molecular complexity index is 718. The predicted octanol–water partition coefficient (Wildman–Crippen LogP) is 5.56. The van der Waals surface area contributed by atoms with Crippen molar-refractivity contribution in [2.75, 3.05) is 0 Å². The summed E-state index contributed by atoms with van der Waals surface area (Å²) in [5.41, 5.74) is 2.11. The van der Waals surface area contributed by atoms with Crippen molar-refractivity contribution in [3.05, 3.63) is 84.3 Å². The van der Waals surface area contributed by atoms with Crippen LogP contribution in [0, 0.1) is 0 Å². The molecule has 2 N–H and O–H groups in total.